The van der Waals surface area contributed by atoms with E-state index in [0.717, 1.165) is 16.7 Å². The molecule has 0 bridgehead atoms. The molecule has 55 heavy (non-hydrogen) atoms. The number of hydrogen-bond acceptors (Lipinski definition) is 6. The summed E-state index contributed by atoms with van der Waals surface area (Å²) in [5.74, 6) is 0.00493. The van der Waals surface area contributed by atoms with Gasteiger partial charge in [0, 0.05) is 25.5 Å². The van der Waals surface area contributed by atoms with E-state index in [2.05, 4.69) is 98.7 Å². The minimum Gasteiger partial charge on any atom is -0.378 e. The van der Waals surface area contributed by atoms with Crippen LogP contribution < -0.4 is 4.18 Å². The first-order valence-electron chi connectivity index (χ1n) is 18.3. The van der Waals surface area contributed by atoms with Gasteiger partial charge in [0.2, 0.25) is 0 Å². The Morgan fingerprint density at radius 2 is 0.782 bits per heavy atom. The molecule has 0 unspecified atom stereocenters. The van der Waals surface area contributed by atoms with Crippen LogP contribution in [0.4, 0.5) is 0 Å². The van der Waals surface area contributed by atoms with Crippen molar-refractivity contribution in [2.45, 2.75) is 103 Å². The molecule has 6 rings (SSSR count). The van der Waals surface area contributed by atoms with Gasteiger partial charge in [-0.05, 0) is 104 Å². The van der Waals surface area contributed by atoms with Gasteiger partial charge in [0.05, 0.1) is 0 Å². The maximum Gasteiger partial charge on any atom is 0.339 e. The van der Waals surface area contributed by atoms with E-state index in [9.17, 15) is 8.42 Å². The molecule has 0 saturated carbocycles. The van der Waals surface area contributed by atoms with E-state index >= 15 is 8.42 Å². The molecule has 288 valence electrons. The second kappa shape index (κ2) is 14.6. The van der Waals surface area contributed by atoms with Crippen molar-refractivity contribution >= 4 is 41.3 Å². The van der Waals surface area contributed by atoms with Crippen LogP contribution in [0.25, 0.3) is 10.8 Å². The fraction of sp³-hybridized carbons (Fsp3) is 0.261. The fourth-order valence-corrected chi connectivity index (χ4v) is 12.8. The van der Waals surface area contributed by atoms with Gasteiger partial charge in [0.25, 0.3) is 0 Å². The van der Waals surface area contributed by atoms with Crippen LogP contribution >= 0.6 is 10.3 Å². The van der Waals surface area contributed by atoms with Crippen LogP contribution in [0.2, 0.25) is 0 Å². The molecule has 0 heterocycles. The summed E-state index contributed by atoms with van der Waals surface area (Å²) in [6.07, 6.45) is 0. The quantitative estimate of drug-likeness (QED) is 0.135. The van der Waals surface area contributed by atoms with E-state index in [-0.39, 0.29) is 37.2 Å². The lowest BCUT2D eigenvalue weighted by Crippen LogP contribution is -2.17. The number of hydrogen-bond donors (Lipinski definition) is 0. The lowest BCUT2D eigenvalue weighted by atomic mass is 9.87. The first-order chi connectivity index (χ1) is 25.6. The molecular weight excluding hydrogens is 745 g/mol. The van der Waals surface area contributed by atoms with E-state index in [1.54, 1.807) is 42.5 Å². The third-order valence-electron chi connectivity index (χ3n) is 9.69. The molecule has 0 N–H and O–H groups in total. The lowest BCUT2D eigenvalue weighted by Gasteiger charge is -2.40. The zero-order chi connectivity index (χ0) is 40.0. The normalized spacial score (nSPS) is 13.5. The Labute approximate surface area is 329 Å². The Kier molecular flexibility index (Phi) is 10.7. The van der Waals surface area contributed by atoms with Gasteiger partial charge >= 0.3 is 20.2 Å². The predicted molar refractivity (Wildman–Crippen MR) is 224 cm³/mol. The van der Waals surface area contributed by atoms with Crippen molar-refractivity contribution in [2.24, 2.45) is 0 Å². The highest BCUT2D eigenvalue weighted by Crippen LogP contribution is 2.70. The van der Waals surface area contributed by atoms with Crippen LogP contribution in [-0.2, 0) is 40.1 Å². The third kappa shape index (κ3) is 8.26. The standard InChI is InChI=1S/C46H50O6S3/c1-44(2,3)33-21-27-36(28-22-33)53(37-29-23-34(24-30-37)45(4,5)6,38-31-25-35(26-32-38)46(7,8)9)52-55(49,50)43-20-14-17-40-41(43)18-13-19-42(40)51-54(47,48)39-15-11-10-12-16-39/h10-32H,1-9H3. The summed E-state index contributed by atoms with van der Waals surface area (Å²) in [7, 11) is -11.8. The molecule has 0 fully saturated rings. The van der Waals surface area contributed by atoms with Crippen molar-refractivity contribution in [3.8, 4) is 5.75 Å². The number of fused-ring (bicyclic) bond motifs is 1. The first-order valence-corrected chi connectivity index (χ1v) is 22.6. The minimum atomic E-state index is -4.59. The van der Waals surface area contributed by atoms with Gasteiger partial charge < -0.3 is 4.18 Å². The van der Waals surface area contributed by atoms with Crippen molar-refractivity contribution in [3.63, 3.8) is 0 Å². The average Bonchev–Trinajstić information content (AvgIpc) is 3.13. The minimum absolute atomic E-state index is 0.00493. The van der Waals surface area contributed by atoms with Gasteiger partial charge in [-0.3, -0.25) is 0 Å². The summed E-state index contributed by atoms with van der Waals surface area (Å²) in [5, 5.41) is 0.580. The lowest BCUT2D eigenvalue weighted by molar-refractivity contribution is 0.488. The van der Waals surface area contributed by atoms with Gasteiger partial charge in [-0.2, -0.15) is 16.8 Å². The SMILES string of the molecule is CC(C)(C)c1ccc(S(OS(=O)(=O)c2cccc3c(OS(=O)(=O)c4ccccc4)cccc23)(c2ccc(C(C)(C)C)cc2)c2ccc(C(C)(C)C)cc2)cc1. The molecule has 6 nitrogen and oxygen atoms in total. The number of benzene rings is 6. The van der Waals surface area contributed by atoms with Crippen molar-refractivity contribution in [1.29, 1.82) is 0 Å². The van der Waals surface area contributed by atoms with Gasteiger partial charge in [0.1, 0.15) is 9.79 Å². The Morgan fingerprint density at radius 3 is 1.20 bits per heavy atom. The summed E-state index contributed by atoms with van der Waals surface area (Å²) < 4.78 is 69.3. The van der Waals surface area contributed by atoms with E-state index in [1.165, 1.54) is 24.3 Å². The average molecular weight is 795 g/mol. The highest BCUT2D eigenvalue weighted by Gasteiger charge is 2.40. The van der Waals surface area contributed by atoms with E-state index in [4.69, 9.17) is 7.81 Å². The van der Waals surface area contributed by atoms with Crippen LogP contribution in [0.1, 0.15) is 79.0 Å². The summed E-state index contributed by atoms with van der Waals surface area (Å²) in [4.78, 5) is 2.03. The Balaban J connectivity index is 1.59. The fourth-order valence-electron chi connectivity index (χ4n) is 6.43. The highest BCUT2D eigenvalue weighted by molar-refractivity contribution is 8.33. The molecule has 0 aliphatic rings. The molecule has 0 atom stereocenters. The zero-order valence-corrected chi connectivity index (χ0v) is 35.4. The molecule has 0 spiro atoms. The van der Waals surface area contributed by atoms with Crippen molar-refractivity contribution < 1.29 is 24.6 Å². The third-order valence-corrected chi connectivity index (χ3v) is 16.2. The zero-order valence-electron chi connectivity index (χ0n) is 33.0. The van der Waals surface area contributed by atoms with Gasteiger partial charge in [-0.25, -0.2) is 3.63 Å². The molecule has 0 aliphatic heterocycles. The van der Waals surface area contributed by atoms with Crippen LogP contribution in [0, 0.1) is 0 Å². The molecule has 0 radical (unpaired) electrons. The molecule has 0 aliphatic carbocycles. The van der Waals surface area contributed by atoms with E-state index < -0.39 is 30.5 Å². The van der Waals surface area contributed by atoms with Crippen molar-refractivity contribution in [3.05, 3.63) is 156 Å². The van der Waals surface area contributed by atoms with E-state index in [0.29, 0.717) is 20.1 Å². The maximum atomic E-state index is 15.1. The maximum absolute atomic E-state index is 15.1. The molecular formula is C46H50O6S3. The first kappa shape index (κ1) is 40.3. The second-order valence-corrected chi connectivity index (χ2v) is 22.8. The van der Waals surface area contributed by atoms with Crippen LogP contribution in [0.15, 0.2) is 164 Å². The topological polar surface area (TPSA) is 86.7 Å². The number of rotatable bonds is 9. The Morgan fingerprint density at radius 1 is 0.382 bits per heavy atom. The molecule has 6 aromatic carbocycles. The molecule has 9 heteroatoms. The predicted octanol–water partition coefficient (Wildman–Crippen LogP) is 12.1. The summed E-state index contributed by atoms with van der Waals surface area (Å²) >= 11 is 0. The van der Waals surface area contributed by atoms with Gasteiger partial charge in [0.15, 0.2) is 5.75 Å². The highest BCUT2D eigenvalue weighted by atomic mass is 32.3. The molecule has 0 aromatic heterocycles. The van der Waals surface area contributed by atoms with Crippen LogP contribution in [-0.4, -0.2) is 16.8 Å². The molecule has 0 amide bonds. The second-order valence-electron chi connectivity index (χ2n) is 16.9. The van der Waals surface area contributed by atoms with Crippen molar-refractivity contribution in [1.82, 2.24) is 0 Å². The van der Waals surface area contributed by atoms with E-state index in [1.807, 2.05) is 36.4 Å². The Bertz CT molecular complexity index is 2380. The molecule has 0 saturated heterocycles. The summed E-state index contributed by atoms with van der Waals surface area (Å²) in [6, 6.07) is 41.5. The van der Waals surface area contributed by atoms with Crippen LogP contribution in [0.5, 0.6) is 5.75 Å². The summed E-state index contributed by atoms with van der Waals surface area (Å²) in [6.45, 7) is 19.3. The Hall–Kier alpha value is -4.41. The molecule has 6 aromatic rings. The van der Waals surface area contributed by atoms with Gasteiger partial charge in [-0.1, -0.05) is 141 Å². The van der Waals surface area contributed by atoms with Gasteiger partial charge in [-0.15, -0.1) is 0 Å². The monoisotopic (exact) mass is 794 g/mol. The van der Waals surface area contributed by atoms with Crippen molar-refractivity contribution in [2.75, 3.05) is 0 Å². The summed E-state index contributed by atoms with van der Waals surface area (Å²) in [5.41, 5.74) is 2.90. The largest absolute Gasteiger partial charge is 0.378 e. The smallest absolute Gasteiger partial charge is 0.339 e. The van der Waals surface area contributed by atoms with Crippen LogP contribution in [0.3, 0.4) is 0 Å².